The highest BCUT2D eigenvalue weighted by Crippen LogP contribution is 2.25. The fraction of sp³-hybridized carbons (Fsp3) is 0.367. The molecule has 3 N–H and O–H groups in total. The number of H-pyrrole nitrogens is 1. The van der Waals surface area contributed by atoms with E-state index in [1.807, 2.05) is 43.1 Å². The molecule has 1 saturated heterocycles. The molecule has 0 aliphatic carbocycles. The summed E-state index contributed by atoms with van der Waals surface area (Å²) < 4.78 is 5.78. The summed E-state index contributed by atoms with van der Waals surface area (Å²) in [6.45, 7) is 5.83. The molecule has 41 heavy (non-hydrogen) atoms. The fourth-order valence-electron chi connectivity index (χ4n) is 4.84. The van der Waals surface area contributed by atoms with E-state index in [2.05, 4.69) is 42.5 Å². The van der Waals surface area contributed by atoms with Gasteiger partial charge in [-0.1, -0.05) is 6.92 Å². The molecule has 0 spiro atoms. The third-order valence-corrected chi connectivity index (χ3v) is 7.33. The molecule has 11 nitrogen and oxygen atoms in total. The van der Waals surface area contributed by atoms with Crippen molar-refractivity contribution in [2.45, 2.75) is 13.3 Å². The Morgan fingerprint density at radius 2 is 1.83 bits per heavy atom. The largest absolute Gasteiger partial charge is 0.486 e. The number of Topliss-reactive ketones (excluding diaryl/α,β-unsaturated/α-hetero) is 1. The second kappa shape index (κ2) is 12.9. The Kier molecular flexibility index (Phi) is 8.85. The lowest BCUT2D eigenvalue weighted by Crippen LogP contribution is -2.47. The maximum Gasteiger partial charge on any atom is 0.270 e. The number of hydrogen-bond donors (Lipinski definition) is 3. The number of ether oxygens (including phenoxy) is 1. The summed E-state index contributed by atoms with van der Waals surface area (Å²) in [6.07, 6.45) is 4.05. The Morgan fingerprint density at radius 1 is 1.02 bits per heavy atom. The summed E-state index contributed by atoms with van der Waals surface area (Å²) in [5.74, 6) is 0.962. The van der Waals surface area contributed by atoms with Gasteiger partial charge >= 0.3 is 0 Å². The molecule has 11 heteroatoms. The molecule has 0 saturated carbocycles. The van der Waals surface area contributed by atoms with Gasteiger partial charge < -0.3 is 30.2 Å². The zero-order valence-corrected chi connectivity index (χ0v) is 23.7. The lowest BCUT2D eigenvalue weighted by atomic mass is 10.0. The number of carbonyl (C=O) groups excluding carboxylic acids is 2. The zero-order chi connectivity index (χ0) is 28.8. The number of benzene rings is 1. The smallest absolute Gasteiger partial charge is 0.270 e. The minimum atomic E-state index is -0.0775. The van der Waals surface area contributed by atoms with Crippen LogP contribution in [0.2, 0.25) is 0 Å². The first kappa shape index (κ1) is 28.2. The van der Waals surface area contributed by atoms with Crippen LogP contribution in [0.3, 0.4) is 0 Å². The Balaban J connectivity index is 1.26. The number of amides is 1. The Bertz CT molecular complexity index is 1510. The van der Waals surface area contributed by atoms with Gasteiger partial charge in [0.1, 0.15) is 18.1 Å². The highest BCUT2D eigenvalue weighted by Gasteiger charge is 2.22. The van der Waals surface area contributed by atoms with Crippen LogP contribution in [0.1, 0.15) is 23.8 Å². The number of piperazine rings is 1. The number of hydrogen-bond acceptors (Lipinski definition) is 9. The molecule has 1 aliphatic rings. The van der Waals surface area contributed by atoms with Crippen molar-refractivity contribution in [2.24, 2.45) is 5.92 Å². The second-order valence-electron chi connectivity index (χ2n) is 10.3. The van der Waals surface area contributed by atoms with Crippen LogP contribution in [0.25, 0.3) is 22.3 Å². The van der Waals surface area contributed by atoms with Gasteiger partial charge in [-0.25, -0.2) is 9.97 Å². The predicted molar refractivity (Wildman–Crippen MR) is 158 cm³/mol. The summed E-state index contributed by atoms with van der Waals surface area (Å²) in [7, 11) is 3.91. The average Bonchev–Trinajstić information content (AvgIpc) is 3.42. The number of likely N-dealkylation sites (N-methyl/N-ethyl adjacent to an activating group) is 1. The maximum absolute atomic E-state index is 13.0. The number of pyridine rings is 1. The highest BCUT2D eigenvalue weighted by atomic mass is 16.5. The third kappa shape index (κ3) is 6.87. The first-order valence-electron chi connectivity index (χ1n) is 13.9. The van der Waals surface area contributed by atoms with Crippen molar-refractivity contribution in [1.29, 1.82) is 0 Å². The number of anilines is 2. The summed E-state index contributed by atoms with van der Waals surface area (Å²) in [4.78, 5) is 46.3. The first-order valence-corrected chi connectivity index (χ1v) is 13.9. The number of ketones is 1. The first-order chi connectivity index (χ1) is 19.9. The highest BCUT2D eigenvalue weighted by molar-refractivity contribution is 5.98. The molecule has 214 valence electrons. The van der Waals surface area contributed by atoms with Crippen LogP contribution in [0.15, 0.2) is 54.9 Å². The Morgan fingerprint density at radius 3 is 2.61 bits per heavy atom. The topological polar surface area (TPSA) is 128 Å². The summed E-state index contributed by atoms with van der Waals surface area (Å²) in [5.41, 5.74) is 3.49. The van der Waals surface area contributed by atoms with Crippen LogP contribution in [0.5, 0.6) is 5.75 Å². The van der Waals surface area contributed by atoms with Crippen LogP contribution < -0.4 is 15.4 Å². The fourth-order valence-corrected chi connectivity index (χ4v) is 4.84. The number of carbonyl (C=O) groups is 2. The number of nitrogens with zero attached hydrogens (tertiary/aromatic N) is 5. The van der Waals surface area contributed by atoms with Crippen LogP contribution in [0, 0.1) is 5.92 Å². The van der Waals surface area contributed by atoms with Crippen molar-refractivity contribution in [3.05, 3.63) is 60.6 Å². The van der Waals surface area contributed by atoms with Gasteiger partial charge in [0.05, 0.1) is 11.4 Å². The second-order valence-corrected chi connectivity index (χ2v) is 10.3. The van der Waals surface area contributed by atoms with Crippen LogP contribution in [-0.2, 0) is 4.79 Å². The molecule has 1 aliphatic heterocycles. The predicted octanol–water partition coefficient (Wildman–Crippen LogP) is 3.34. The molecule has 3 aromatic heterocycles. The Labute approximate surface area is 239 Å². The molecule has 0 bridgehead atoms. The zero-order valence-electron chi connectivity index (χ0n) is 23.7. The van der Waals surface area contributed by atoms with E-state index in [9.17, 15) is 9.59 Å². The van der Waals surface area contributed by atoms with Crippen LogP contribution >= 0.6 is 0 Å². The van der Waals surface area contributed by atoms with Crippen molar-refractivity contribution < 1.29 is 14.3 Å². The van der Waals surface area contributed by atoms with E-state index < -0.39 is 0 Å². The van der Waals surface area contributed by atoms with Gasteiger partial charge in [-0.3, -0.25) is 14.6 Å². The molecule has 1 amide bonds. The summed E-state index contributed by atoms with van der Waals surface area (Å²) in [6, 6.07) is 13.0. The van der Waals surface area contributed by atoms with Gasteiger partial charge in [0.25, 0.3) is 5.91 Å². The van der Waals surface area contributed by atoms with Gasteiger partial charge in [-0.05, 0) is 56.9 Å². The van der Waals surface area contributed by atoms with E-state index in [-0.39, 0.29) is 24.2 Å². The van der Waals surface area contributed by atoms with E-state index in [0.29, 0.717) is 35.3 Å². The number of fused-ring (bicyclic) bond motifs is 1. The molecule has 4 heterocycles. The van der Waals surface area contributed by atoms with Crippen molar-refractivity contribution in [2.75, 3.05) is 58.7 Å². The SMILES string of the molecule is CCC(CNC)C(=O)COc1ccnc(-c2ccnc(Nc3ccc4[nH]c(C(=O)N5CCN(C)CC5)cc4c3)n2)c1. The lowest BCUT2D eigenvalue weighted by Gasteiger charge is -2.32. The number of aromatic amines is 1. The van der Waals surface area contributed by atoms with E-state index in [1.165, 1.54) is 0 Å². The van der Waals surface area contributed by atoms with Crippen molar-refractivity contribution in [1.82, 2.24) is 35.1 Å². The molecular weight excluding hydrogens is 520 g/mol. The molecule has 5 rings (SSSR count). The van der Waals surface area contributed by atoms with Crippen LogP contribution in [-0.4, -0.2) is 94.9 Å². The lowest BCUT2D eigenvalue weighted by molar-refractivity contribution is -0.124. The Hall–Kier alpha value is -4.35. The summed E-state index contributed by atoms with van der Waals surface area (Å²) >= 11 is 0. The summed E-state index contributed by atoms with van der Waals surface area (Å²) in [5, 5.41) is 7.23. The standard InChI is InChI=1S/C30H36N8O3/c1-4-20(18-31-2)28(39)19-41-23-7-9-32-26(17-23)25-8-10-33-30(36-25)34-22-5-6-24-21(15-22)16-27(35-24)29(40)38-13-11-37(3)12-14-38/h5-10,15-17,20,31,35H,4,11-14,18-19H2,1-3H3,(H,33,34,36). The molecule has 1 atom stereocenters. The van der Waals surface area contributed by atoms with Gasteiger partial charge in [0, 0.05) is 73.7 Å². The van der Waals surface area contributed by atoms with Gasteiger partial charge in [-0.15, -0.1) is 0 Å². The minimum absolute atomic E-state index is 0.00450. The van der Waals surface area contributed by atoms with Crippen molar-refractivity contribution in [3.8, 4) is 17.1 Å². The van der Waals surface area contributed by atoms with E-state index in [4.69, 9.17) is 4.74 Å². The molecular formula is C30H36N8O3. The molecule has 1 unspecified atom stereocenters. The quantitative estimate of drug-likeness (QED) is 0.255. The normalized spacial score (nSPS) is 14.7. The van der Waals surface area contributed by atoms with Crippen molar-refractivity contribution >= 4 is 34.2 Å². The number of aromatic nitrogens is 4. The van der Waals surface area contributed by atoms with E-state index in [1.54, 1.807) is 30.6 Å². The van der Waals surface area contributed by atoms with Crippen LogP contribution in [0.4, 0.5) is 11.6 Å². The van der Waals surface area contributed by atoms with E-state index >= 15 is 0 Å². The molecule has 1 fully saturated rings. The van der Waals surface area contributed by atoms with E-state index in [0.717, 1.165) is 49.2 Å². The van der Waals surface area contributed by atoms with Crippen molar-refractivity contribution in [3.63, 3.8) is 0 Å². The van der Waals surface area contributed by atoms with Gasteiger partial charge in [-0.2, -0.15) is 0 Å². The number of rotatable bonds is 11. The molecule has 1 aromatic carbocycles. The third-order valence-electron chi connectivity index (χ3n) is 7.33. The molecule has 4 aromatic rings. The van der Waals surface area contributed by atoms with Gasteiger partial charge in [0.15, 0.2) is 5.78 Å². The number of nitrogens with one attached hydrogen (secondary N) is 3. The minimum Gasteiger partial charge on any atom is -0.486 e. The molecule has 0 radical (unpaired) electrons. The maximum atomic E-state index is 13.0. The average molecular weight is 557 g/mol. The van der Waals surface area contributed by atoms with Gasteiger partial charge in [0.2, 0.25) is 5.95 Å². The monoisotopic (exact) mass is 556 g/mol.